The number of alkyl halides is 2. The molecular formula is C18H15F2N3O2. The molecular weight excluding hydrogens is 328 g/mol. The van der Waals surface area contributed by atoms with Crippen molar-refractivity contribution in [2.45, 2.75) is 13.5 Å². The van der Waals surface area contributed by atoms with E-state index in [0.717, 1.165) is 5.69 Å². The molecule has 0 atom stereocenters. The monoisotopic (exact) mass is 343 g/mol. The number of carbonyl (C=O) groups excluding carboxylic acids is 1. The van der Waals surface area contributed by atoms with Crippen LogP contribution in [0.15, 0.2) is 58.7 Å². The molecule has 2 aromatic rings. The van der Waals surface area contributed by atoms with E-state index in [4.69, 9.17) is 0 Å². The summed E-state index contributed by atoms with van der Waals surface area (Å²) in [6, 6.07) is 13.5. The van der Waals surface area contributed by atoms with Crippen molar-refractivity contribution in [2.24, 2.45) is 10.2 Å². The lowest BCUT2D eigenvalue weighted by molar-refractivity contribution is -0.112. The molecule has 0 aromatic heterocycles. The van der Waals surface area contributed by atoms with E-state index in [1.165, 1.54) is 12.3 Å². The fourth-order valence-corrected chi connectivity index (χ4v) is 2.61. The molecule has 0 bridgehead atoms. The third-order valence-corrected chi connectivity index (χ3v) is 3.70. The summed E-state index contributed by atoms with van der Waals surface area (Å²) in [5, 5.41) is 7.91. The quantitative estimate of drug-likeness (QED) is 0.616. The average molecular weight is 343 g/mol. The Morgan fingerprint density at radius 1 is 1.16 bits per heavy atom. The van der Waals surface area contributed by atoms with E-state index in [2.05, 4.69) is 14.9 Å². The minimum Gasteiger partial charge on any atom is -0.434 e. The van der Waals surface area contributed by atoms with Gasteiger partial charge in [-0.25, -0.2) is 0 Å². The number of hydrogen-bond acceptors (Lipinski definition) is 4. The number of carbonyl (C=O) groups is 1. The van der Waals surface area contributed by atoms with Crippen LogP contribution in [-0.2, 0) is 4.79 Å². The number of fused-ring (bicyclic) bond motifs is 1. The lowest BCUT2D eigenvalue weighted by atomic mass is 10.1. The van der Waals surface area contributed by atoms with Gasteiger partial charge in [-0.1, -0.05) is 30.3 Å². The molecule has 1 aliphatic rings. The van der Waals surface area contributed by atoms with Gasteiger partial charge >= 0.3 is 6.61 Å². The van der Waals surface area contributed by atoms with E-state index in [-0.39, 0.29) is 17.4 Å². The van der Waals surface area contributed by atoms with Gasteiger partial charge in [0.2, 0.25) is 0 Å². The fraction of sp³-hybridized carbons (Fsp3) is 0.167. The van der Waals surface area contributed by atoms with Crippen LogP contribution in [0.3, 0.4) is 0 Å². The SMILES string of the molecule is CCN1C(=O)/C(=N/N=C\c2ccccc2OC(F)F)c2ccccc21. The Hall–Kier alpha value is -3.09. The first-order valence-corrected chi connectivity index (χ1v) is 7.68. The Balaban J connectivity index is 1.90. The van der Waals surface area contributed by atoms with Crippen molar-refractivity contribution in [2.75, 3.05) is 11.4 Å². The number of likely N-dealkylation sites (N-methyl/N-ethyl adjacent to an activating group) is 1. The van der Waals surface area contributed by atoms with Crippen LogP contribution in [0.1, 0.15) is 18.1 Å². The van der Waals surface area contributed by atoms with E-state index < -0.39 is 6.61 Å². The maximum atomic E-state index is 12.4. The summed E-state index contributed by atoms with van der Waals surface area (Å²) in [4.78, 5) is 14.1. The number of amides is 1. The molecule has 3 rings (SSSR count). The second kappa shape index (κ2) is 7.21. The van der Waals surface area contributed by atoms with Crippen LogP contribution in [0.2, 0.25) is 0 Å². The van der Waals surface area contributed by atoms with Crippen molar-refractivity contribution in [1.29, 1.82) is 0 Å². The zero-order valence-electron chi connectivity index (χ0n) is 13.4. The van der Waals surface area contributed by atoms with Gasteiger partial charge in [-0.2, -0.15) is 13.9 Å². The first-order chi connectivity index (χ1) is 12.1. The summed E-state index contributed by atoms with van der Waals surface area (Å²) >= 11 is 0. The molecule has 128 valence electrons. The van der Waals surface area contributed by atoms with Crippen LogP contribution < -0.4 is 9.64 Å². The van der Waals surface area contributed by atoms with Gasteiger partial charge < -0.3 is 9.64 Å². The number of benzene rings is 2. The molecule has 7 heteroatoms. The first-order valence-electron chi connectivity index (χ1n) is 7.68. The number of rotatable bonds is 5. The molecule has 0 saturated heterocycles. The smallest absolute Gasteiger partial charge is 0.387 e. The number of anilines is 1. The van der Waals surface area contributed by atoms with Gasteiger partial charge in [-0.05, 0) is 25.1 Å². The van der Waals surface area contributed by atoms with Crippen molar-refractivity contribution >= 4 is 23.5 Å². The number of hydrogen-bond donors (Lipinski definition) is 0. The summed E-state index contributed by atoms with van der Waals surface area (Å²) in [5.74, 6) is -0.243. The molecule has 25 heavy (non-hydrogen) atoms. The van der Waals surface area contributed by atoms with Crippen LogP contribution in [0.5, 0.6) is 5.75 Å². The minimum absolute atomic E-state index is 0.00483. The lowest BCUT2D eigenvalue weighted by Crippen LogP contribution is -2.29. The molecule has 0 N–H and O–H groups in total. The van der Waals surface area contributed by atoms with E-state index >= 15 is 0 Å². The maximum absolute atomic E-state index is 12.4. The van der Waals surface area contributed by atoms with Gasteiger partial charge in [0.05, 0.1) is 11.9 Å². The van der Waals surface area contributed by atoms with Crippen molar-refractivity contribution in [3.05, 3.63) is 59.7 Å². The first kappa shape index (κ1) is 16.8. The van der Waals surface area contributed by atoms with Crippen molar-refractivity contribution in [3.63, 3.8) is 0 Å². The molecule has 0 fully saturated rings. The molecule has 2 aromatic carbocycles. The number of halogens is 2. The molecule has 1 aliphatic heterocycles. The Labute approximate surface area is 143 Å². The summed E-state index contributed by atoms with van der Waals surface area (Å²) in [6.45, 7) is -0.537. The Kier molecular flexibility index (Phi) is 4.83. The standard InChI is InChI=1S/C18H15F2N3O2/c1-2-23-14-9-5-4-8-13(14)16(17(23)24)22-21-11-12-7-3-6-10-15(12)25-18(19)20/h3-11,18H,2H2,1H3/b21-11-,22-16+. The van der Waals surface area contributed by atoms with E-state index in [1.54, 1.807) is 29.2 Å². The number of para-hydroxylation sites is 2. The molecule has 1 heterocycles. The van der Waals surface area contributed by atoms with Crippen molar-refractivity contribution in [3.8, 4) is 5.75 Å². The van der Waals surface area contributed by atoms with Crippen LogP contribution in [0.25, 0.3) is 0 Å². The van der Waals surface area contributed by atoms with Crippen LogP contribution in [0.4, 0.5) is 14.5 Å². The fourth-order valence-electron chi connectivity index (χ4n) is 2.61. The Morgan fingerprint density at radius 3 is 2.64 bits per heavy atom. The number of ether oxygens (including phenoxy) is 1. The molecule has 1 amide bonds. The normalized spacial score (nSPS) is 15.4. The third kappa shape index (κ3) is 3.40. The van der Waals surface area contributed by atoms with E-state index in [1.807, 2.05) is 25.1 Å². The minimum atomic E-state index is -2.93. The Morgan fingerprint density at radius 2 is 1.88 bits per heavy atom. The van der Waals surface area contributed by atoms with E-state index in [9.17, 15) is 13.6 Å². The molecule has 0 radical (unpaired) electrons. The highest BCUT2D eigenvalue weighted by molar-refractivity contribution is 6.54. The van der Waals surface area contributed by atoms with Crippen LogP contribution >= 0.6 is 0 Å². The highest BCUT2D eigenvalue weighted by Crippen LogP contribution is 2.28. The Bertz CT molecular complexity index is 850. The molecule has 0 saturated carbocycles. The maximum Gasteiger partial charge on any atom is 0.387 e. The molecule has 5 nitrogen and oxygen atoms in total. The summed E-state index contributed by atoms with van der Waals surface area (Å²) in [5.41, 5.74) is 2.05. The predicted molar refractivity (Wildman–Crippen MR) is 91.7 cm³/mol. The van der Waals surface area contributed by atoms with Gasteiger partial charge in [-0.15, -0.1) is 5.10 Å². The highest BCUT2D eigenvalue weighted by Gasteiger charge is 2.32. The van der Waals surface area contributed by atoms with Crippen LogP contribution in [0, 0.1) is 0 Å². The zero-order valence-corrected chi connectivity index (χ0v) is 13.4. The molecule has 0 aliphatic carbocycles. The third-order valence-electron chi connectivity index (χ3n) is 3.70. The van der Waals surface area contributed by atoms with Crippen molar-refractivity contribution in [1.82, 2.24) is 0 Å². The van der Waals surface area contributed by atoms with Gasteiger partial charge in [0.15, 0.2) is 5.71 Å². The van der Waals surface area contributed by atoms with Gasteiger partial charge in [0, 0.05) is 17.7 Å². The molecule has 0 spiro atoms. The highest BCUT2D eigenvalue weighted by atomic mass is 19.3. The topological polar surface area (TPSA) is 54.3 Å². The predicted octanol–water partition coefficient (Wildman–Crippen LogP) is 3.48. The zero-order chi connectivity index (χ0) is 17.8. The largest absolute Gasteiger partial charge is 0.434 e. The summed E-state index contributed by atoms with van der Waals surface area (Å²) in [7, 11) is 0. The second-order valence-electron chi connectivity index (χ2n) is 5.18. The van der Waals surface area contributed by atoms with Crippen LogP contribution in [-0.4, -0.2) is 31.0 Å². The second-order valence-corrected chi connectivity index (χ2v) is 5.18. The summed E-state index contributed by atoms with van der Waals surface area (Å²) in [6.07, 6.45) is 1.29. The average Bonchev–Trinajstić information content (AvgIpc) is 2.87. The van der Waals surface area contributed by atoms with Gasteiger partial charge in [0.1, 0.15) is 5.75 Å². The number of nitrogens with zero attached hydrogens (tertiary/aromatic N) is 3. The summed E-state index contributed by atoms with van der Waals surface area (Å²) < 4.78 is 29.3. The van der Waals surface area contributed by atoms with E-state index in [0.29, 0.717) is 17.7 Å². The molecule has 0 unspecified atom stereocenters. The van der Waals surface area contributed by atoms with Crippen molar-refractivity contribution < 1.29 is 18.3 Å². The van der Waals surface area contributed by atoms with Gasteiger partial charge in [0.25, 0.3) is 5.91 Å². The lowest BCUT2D eigenvalue weighted by Gasteiger charge is -2.12. The van der Waals surface area contributed by atoms with Gasteiger partial charge in [-0.3, -0.25) is 4.79 Å².